The third kappa shape index (κ3) is 3.97. The zero-order chi connectivity index (χ0) is 16.2. The van der Waals surface area contributed by atoms with E-state index in [1.165, 1.54) is 18.9 Å². The summed E-state index contributed by atoms with van der Waals surface area (Å²) in [6.07, 6.45) is 0. The molecule has 0 aliphatic heterocycles. The minimum Gasteiger partial charge on any atom is -0.496 e. The number of benzene rings is 2. The molecule has 0 bridgehead atoms. The van der Waals surface area contributed by atoms with Crippen LogP contribution in [0.3, 0.4) is 0 Å². The number of nitrogens with zero attached hydrogens (tertiary/aromatic N) is 1. The van der Waals surface area contributed by atoms with Crippen LogP contribution in [0.4, 0.5) is 8.78 Å². The number of fused-ring (bicyclic) bond motifs is 1. The summed E-state index contributed by atoms with van der Waals surface area (Å²) in [5, 5.41) is 0.580. The molecule has 0 atom stereocenters. The van der Waals surface area contributed by atoms with E-state index in [1.807, 2.05) is 30.3 Å². The van der Waals surface area contributed by atoms with Crippen molar-refractivity contribution in [1.29, 1.82) is 0 Å². The first-order valence-electron chi connectivity index (χ1n) is 6.76. The van der Waals surface area contributed by atoms with Crippen LogP contribution in [-0.2, 0) is 5.75 Å². The van der Waals surface area contributed by atoms with Gasteiger partial charge in [-0.2, -0.15) is 8.78 Å². The van der Waals surface area contributed by atoms with Gasteiger partial charge in [-0.1, -0.05) is 41.7 Å². The molecule has 0 aliphatic carbocycles. The smallest absolute Gasteiger partial charge is 0.289 e. The number of methoxy groups -OCH3 is 1. The van der Waals surface area contributed by atoms with E-state index in [2.05, 4.69) is 4.98 Å². The molecular formula is C16H13F2NO2S2. The van der Waals surface area contributed by atoms with Crippen LogP contribution in [0.15, 0.2) is 57.0 Å². The lowest BCUT2D eigenvalue weighted by Crippen LogP contribution is -1.91. The number of ether oxygens (including phenoxy) is 1. The molecule has 7 heteroatoms. The Hall–Kier alpha value is -1.73. The number of rotatable bonds is 6. The van der Waals surface area contributed by atoms with Crippen molar-refractivity contribution in [2.45, 2.75) is 21.6 Å². The van der Waals surface area contributed by atoms with Gasteiger partial charge in [-0.15, -0.1) is 0 Å². The van der Waals surface area contributed by atoms with Gasteiger partial charge in [0, 0.05) is 5.75 Å². The van der Waals surface area contributed by atoms with Crippen molar-refractivity contribution in [1.82, 2.24) is 4.98 Å². The molecule has 3 nitrogen and oxygen atoms in total. The summed E-state index contributed by atoms with van der Waals surface area (Å²) in [5.74, 6) is -1.40. The van der Waals surface area contributed by atoms with Crippen LogP contribution >= 0.6 is 23.5 Å². The molecule has 1 aromatic heterocycles. The summed E-state index contributed by atoms with van der Waals surface area (Å²) in [4.78, 5) is 4.82. The fraction of sp³-hybridized carbons (Fsp3) is 0.188. The highest BCUT2D eigenvalue weighted by Gasteiger charge is 2.12. The predicted molar refractivity (Wildman–Crippen MR) is 88.4 cm³/mol. The Balaban J connectivity index is 1.72. The van der Waals surface area contributed by atoms with Crippen LogP contribution in [0.1, 0.15) is 5.56 Å². The van der Waals surface area contributed by atoms with Crippen molar-refractivity contribution in [3.05, 3.63) is 48.0 Å². The summed E-state index contributed by atoms with van der Waals surface area (Å²) < 4.78 is 35.8. The van der Waals surface area contributed by atoms with Crippen molar-refractivity contribution in [3.63, 3.8) is 0 Å². The molecule has 0 N–H and O–H groups in total. The lowest BCUT2D eigenvalue weighted by atomic mass is 10.2. The number of halogens is 2. The van der Waals surface area contributed by atoms with Crippen LogP contribution in [0.2, 0.25) is 0 Å². The zero-order valence-electron chi connectivity index (χ0n) is 12.2. The maximum absolute atomic E-state index is 12.5. The molecule has 2 aromatic carbocycles. The zero-order valence-corrected chi connectivity index (χ0v) is 13.8. The van der Waals surface area contributed by atoms with E-state index >= 15 is 0 Å². The summed E-state index contributed by atoms with van der Waals surface area (Å²) in [6, 6.07) is 12.8. The average molecular weight is 353 g/mol. The molecule has 0 saturated heterocycles. The second-order valence-corrected chi connectivity index (χ2v) is 6.56. The van der Waals surface area contributed by atoms with Gasteiger partial charge in [0.1, 0.15) is 11.3 Å². The average Bonchev–Trinajstić information content (AvgIpc) is 2.96. The van der Waals surface area contributed by atoms with Gasteiger partial charge < -0.3 is 9.15 Å². The van der Waals surface area contributed by atoms with Crippen molar-refractivity contribution in [2.75, 3.05) is 7.11 Å². The highest BCUT2D eigenvalue weighted by molar-refractivity contribution is 7.99. The van der Waals surface area contributed by atoms with E-state index in [0.717, 1.165) is 16.7 Å². The molecule has 0 fully saturated rings. The molecule has 0 amide bonds. The topological polar surface area (TPSA) is 35.3 Å². The van der Waals surface area contributed by atoms with Gasteiger partial charge >= 0.3 is 0 Å². The second-order valence-electron chi connectivity index (χ2n) is 4.60. The third-order valence-corrected chi connectivity index (χ3v) is 4.75. The Labute approximate surface area is 140 Å². The highest BCUT2D eigenvalue weighted by Crippen LogP contribution is 2.35. The maximum Gasteiger partial charge on any atom is 0.289 e. The number of para-hydroxylation sites is 2. The van der Waals surface area contributed by atoms with E-state index in [-0.39, 0.29) is 0 Å². The van der Waals surface area contributed by atoms with Crippen LogP contribution in [-0.4, -0.2) is 17.9 Å². The van der Waals surface area contributed by atoms with Crippen LogP contribution in [0.25, 0.3) is 11.1 Å². The van der Waals surface area contributed by atoms with E-state index in [4.69, 9.17) is 9.15 Å². The molecule has 0 spiro atoms. The second kappa shape index (κ2) is 7.23. The molecule has 3 rings (SSSR count). The Morgan fingerprint density at radius 3 is 2.78 bits per heavy atom. The van der Waals surface area contributed by atoms with Gasteiger partial charge in [0.05, 0.1) is 12.0 Å². The van der Waals surface area contributed by atoms with Gasteiger partial charge in [-0.05, 0) is 29.8 Å². The number of alkyl halides is 2. The standard InChI is InChI=1S/C16H13F2NO2S2/c1-20-13-8-10(6-7-14(13)23-15(17)18)9-22-16-19-11-4-2-3-5-12(11)21-16/h2-8,15H,9H2,1H3. The number of oxazole rings is 1. The number of hydrogen-bond donors (Lipinski definition) is 0. The van der Waals surface area contributed by atoms with Crippen LogP contribution < -0.4 is 4.74 Å². The Kier molecular flexibility index (Phi) is 5.07. The van der Waals surface area contributed by atoms with Gasteiger partial charge in [0.2, 0.25) is 0 Å². The molecule has 3 aromatic rings. The quantitative estimate of drug-likeness (QED) is 0.551. The minimum atomic E-state index is -2.47. The van der Waals surface area contributed by atoms with Gasteiger partial charge in [-0.3, -0.25) is 0 Å². The lowest BCUT2D eigenvalue weighted by Gasteiger charge is -2.09. The van der Waals surface area contributed by atoms with E-state index < -0.39 is 5.76 Å². The normalized spacial score (nSPS) is 11.3. The summed E-state index contributed by atoms with van der Waals surface area (Å²) in [7, 11) is 1.47. The first kappa shape index (κ1) is 16.1. The van der Waals surface area contributed by atoms with E-state index in [9.17, 15) is 8.78 Å². The van der Waals surface area contributed by atoms with E-state index in [1.54, 1.807) is 12.1 Å². The summed E-state index contributed by atoms with van der Waals surface area (Å²) in [5.41, 5.74) is 2.51. The van der Waals surface area contributed by atoms with Crippen LogP contribution in [0, 0.1) is 0 Å². The van der Waals surface area contributed by atoms with Gasteiger partial charge in [0.25, 0.3) is 11.0 Å². The molecule has 0 aliphatic rings. The third-order valence-electron chi connectivity index (χ3n) is 3.08. The predicted octanol–water partition coefficient (Wildman–Crippen LogP) is 5.44. The van der Waals surface area contributed by atoms with Gasteiger partial charge in [0.15, 0.2) is 5.58 Å². The van der Waals surface area contributed by atoms with Crippen molar-refractivity contribution < 1.29 is 17.9 Å². The Morgan fingerprint density at radius 1 is 1.22 bits per heavy atom. The van der Waals surface area contributed by atoms with Crippen molar-refractivity contribution >= 4 is 34.6 Å². The highest BCUT2D eigenvalue weighted by atomic mass is 32.2. The minimum absolute atomic E-state index is 0.429. The monoisotopic (exact) mass is 353 g/mol. The first-order valence-corrected chi connectivity index (χ1v) is 8.62. The largest absolute Gasteiger partial charge is 0.496 e. The van der Waals surface area contributed by atoms with Gasteiger partial charge in [-0.25, -0.2) is 4.98 Å². The molecule has 0 radical (unpaired) electrons. The van der Waals surface area contributed by atoms with Crippen molar-refractivity contribution in [3.8, 4) is 5.75 Å². The Bertz CT molecular complexity index is 775. The Morgan fingerprint density at radius 2 is 2.04 bits per heavy atom. The first-order chi connectivity index (χ1) is 11.2. The number of thioether (sulfide) groups is 2. The molecule has 0 saturated carbocycles. The molecule has 0 unspecified atom stereocenters. The number of aromatic nitrogens is 1. The summed E-state index contributed by atoms with van der Waals surface area (Å²) >= 11 is 1.93. The lowest BCUT2D eigenvalue weighted by molar-refractivity contribution is 0.251. The fourth-order valence-electron chi connectivity index (χ4n) is 2.05. The number of hydrogen-bond acceptors (Lipinski definition) is 5. The molecule has 1 heterocycles. The van der Waals surface area contributed by atoms with E-state index in [0.29, 0.717) is 33.4 Å². The van der Waals surface area contributed by atoms with Crippen molar-refractivity contribution in [2.24, 2.45) is 0 Å². The SMILES string of the molecule is COc1cc(CSc2nc3ccccc3o2)ccc1SC(F)F. The summed E-state index contributed by atoms with van der Waals surface area (Å²) in [6.45, 7) is 0. The van der Waals surface area contributed by atoms with Crippen LogP contribution in [0.5, 0.6) is 5.75 Å². The molecule has 120 valence electrons. The maximum atomic E-state index is 12.5. The molecule has 23 heavy (non-hydrogen) atoms. The molecular weight excluding hydrogens is 340 g/mol. The fourth-order valence-corrected chi connectivity index (χ4v) is 3.43.